The highest BCUT2D eigenvalue weighted by molar-refractivity contribution is 5.92. The summed E-state index contributed by atoms with van der Waals surface area (Å²) >= 11 is 0. The highest BCUT2D eigenvalue weighted by Gasteiger charge is 2.49. The molecule has 9 nitrogen and oxygen atoms in total. The van der Waals surface area contributed by atoms with Crippen LogP contribution in [0, 0.1) is 0 Å². The quantitative estimate of drug-likeness (QED) is 0.645. The number of rotatable bonds is 5. The summed E-state index contributed by atoms with van der Waals surface area (Å²) in [4.78, 5) is 47.1. The van der Waals surface area contributed by atoms with Crippen LogP contribution in [0.4, 0.5) is 0 Å². The Balaban J connectivity index is 1.17. The summed E-state index contributed by atoms with van der Waals surface area (Å²) in [5, 5.41) is 3.35. The maximum absolute atomic E-state index is 13.5. The lowest BCUT2D eigenvalue weighted by Crippen LogP contribution is -2.56. The number of fused-ring (bicyclic) bond motifs is 1. The minimum Gasteiger partial charge on any atom is -0.497 e. The van der Waals surface area contributed by atoms with Gasteiger partial charge in [-0.25, -0.2) is 0 Å². The van der Waals surface area contributed by atoms with Crippen molar-refractivity contribution in [3.8, 4) is 5.75 Å². The third kappa shape index (κ3) is 5.48. The van der Waals surface area contributed by atoms with Gasteiger partial charge in [-0.3, -0.25) is 24.2 Å². The van der Waals surface area contributed by atoms with E-state index in [9.17, 15) is 14.4 Å². The zero-order chi connectivity index (χ0) is 26.2. The van der Waals surface area contributed by atoms with Crippen molar-refractivity contribution in [2.45, 2.75) is 75.7 Å². The van der Waals surface area contributed by atoms with E-state index in [2.05, 4.69) is 34.3 Å². The first-order valence-corrected chi connectivity index (χ1v) is 13.7. The molecule has 4 fully saturated rings. The molecule has 2 atom stereocenters. The number of ether oxygens (including phenoxy) is 1. The van der Waals surface area contributed by atoms with Gasteiger partial charge in [0.1, 0.15) is 11.8 Å². The number of benzene rings is 1. The predicted octanol–water partition coefficient (Wildman–Crippen LogP) is 1.46. The van der Waals surface area contributed by atoms with Crippen LogP contribution in [0.2, 0.25) is 0 Å². The number of nitrogens with zero attached hydrogens (tertiary/aromatic N) is 4. The molecule has 202 valence electrons. The Morgan fingerprint density at radius 3 is 2.54 bits per heavy atom. The number of likely N-dealkylation sites (tertiary alicyclic amines) is 2. The zero-order valence-electron chi connectivity index (χ0n) is 22.4. The Morgan fingerprint density at radius 2 is 1.86 bits per heavy atom. The van der Waals surface area contributed by atoms with E-state index >= 15 is 0 Å². The van der Waals surface area contributed by atoms with E-state index in [1.165, 1.54) is 5.56 Å². The molecule has 0 bridgehead atoms. The van der Waals surface area contributed by atoms with Gasteiger partial charge in [-0.2, -0.15) is 0 Å². The number of nitrogens with one attached hydrogen (secondary N) is 1. The van der Waals surface area contributed by atoms with Crippen LogP contribution in [0.5, 0.6) is 5.75 Å². The minimum atomic E-state index is -0.440. The Labute approximate surface area is 220 Å². The van der Waals surface area contributed by atoms with Gasteiger partial charge in [0, 0.05) is 58.3 Å². The van der Waals surface area contributed by atoms with E-state index in [0.29, 0.717) is 25.4 Å². The van der Waals surface area contributed by atoms with E-state index in [-0.39, 0.29) is 29.8 Å². The van der Waals surface area contributed by atoms with Crippen molar-refractivity contribution < 1.29 is 19.1 Å². The van der Waals surface area contributed by atoms with Crippen LogP contribution >= 0.6 is 0 Å². The lowest BCUT2D eigenvalue weighted by atomic mass is 9.83. The molecule has 1 aromatic carbocycles. The standard InChI is InChI=1S/C28H41N5O4/c1-20(34)32-11-7-22(8-12-32)30(2)23-16-25-27(36)29-28(17-26(35)33(25)19-23)9-13-31(14-10-28)18-21-5-4-6-24(15-21)37-3/h4-6,15,22-23,25H,7-14,16-19H2,1-3H3,(H,29,36)/t23-,25-/m0/s1. The van der Waals surface area contributed by atoms with Gasteiger partial charge in [-0.1, -0.05) is 12.1 Å². The molecular formula is C28H41N5O4. The lowest BCUT2D eigenvalue weighted by Gasteiger charge is -2.41. The molecule has 0 radical (unpaired) electrons. The Kier molecular flexibility index (Phi) is 7.45. The molecule has 4 heterocycles. The van der Waals surface area contributed by atoms with Crippen LogP contribution in [0.15, 0.2) is 24.3 Å². The lowest BCUT2D eigenvalue weighted by molar-refractivity contribution is -0.136. The molecule has 4 aliphatic heterocycles. The van der Waals surface area contributed by atoms with Crippen LogP contribution in [0.3, 0.4) is 0 Å². The van der Waals surface area contributed by atoms with E-state index in [4.69, 9.17) is 4.74 Å². The summed E-state index contributed by atoms with van der Waals surface area (Å²) in [5.74, 6) is 1.11. The third-order valence-corrected chi connectivity index (χ3v) is 9.20. The van der Waals surface area contributed by atoms with Crippen molar-refractivity contribution in [3.63, 3.8) is 0 Å². The number of carbonyl (C=O) groups excluding carboxylic acids is 3. The second-order valence-electron chi connectivity index (χ2n) is 11.4. The first kappa shape index (κ1) is 26.0. The normalized spacial score (nSPS) is 26.8. The molecule has 0 saturated carbocycles. The van der Waals surface area contributed by atoms with Gasteiger partial charge in [0.25, 0.3) is 0 Å². The smallest absolute Gasteiger partial charge is 0.243 e. The molecule has 5 rings (SSSR count). The summed E-state index contributed by atoms with van der Waals surface area (Å²) < 4.78 is 5.35. The summed E-state index contributed by atoms with van der Waals surface area (Å²) in [5.41, 5.74) is 0.767. The van der Waals surface area contributed by atoms with Crippen LogP contribution in [0.1, 0.15) is 51.0 Å². The maximum Gasteiger partial charge on any atom is 0.243 e. The summed E-state index contributed by atoms with van der Waals surface area (Å²) in [6.07, 6.45) is 4.51. The SMILES string of the molecule is COc1cccc(CN2CCC3(CC2)CC(=O)N2C[C@@H](N(C)C4CCN(C(C)=O)CC4)C[C@H]2C(=O)N3)c1. The molecule has 0 aliphatic carbocycles. The van der Waals surface area contributed by atoms with Gasteiger partial charge in [0.15, 0.2) is 0 Å². The number of methoxy groups -OCH3 is 1. The van der Waals surface area contributed by atoms with Crippen molar-refractivity contribution in [1.82, 2.24) is 24.9 Å². The van der Waals surface area contributed by atoms with Gasteiger partial charge in [-0.15, -0.1) is 0 Å². The van der Waals surface area contributed by atoms with Gasteiger partial charge >= 0.3 is 0 Å². The van der Waals surface area contributed by atoms with Crippen LogP contribution < -0.4 is 10.1 Å². The van der Waals surface area contributed by atoms with Gasteiger partial charge < -0.3 is 19.9 Å². The van der Waals surface area contributed by atoms with Crippen molar-refractivity contribution in [2.24, 2.45) is 0 Å². The molecule has 0 unspecified atom stereocenters. The maximum atomic E-state index is 13.5. The largest absolute Gasteiger partial charge is 0.497 e. The summed E-state index contributed by atoms with van der Waals surface area (Å²) in [6.45, 7) is 6.33. The van der Waals surface area contributed by atoms with Crippen LogP contribution in [0.25, 0.3) is 0 Å². The first-order valence-electron chi connectivity index (χ1n) is 13.7. The number of piperidine rings is 2. The van der Waals surface area contributed by atoms with E-state index in [0.717, 1.165) is 64.2 Å². The Bertz CT molecular complexity index is 988. The predicted molar refractivity (Wildman–Crippen MR) is 140 cm³/mol. The Morgan fingerprint density at radius 1 is 1.14 bits per heavy atom. The minimum absolute atomic E-state index is 0.00870. The topological polar surface area (TPSA) is 85.4 Å². The Hall–Kier alpha value is -2.65. The highest BCUT2D eigenvalue weighted by Crippen LogP contribution is 2.34. The molecule has 1 aromatic rings. The monoisotopic (exact) mass is 511 g/mol. The van der Waals surface area contributed by atoms with Crippen molar-refractivity contribution >= 4 is 17.7 Å². The van der Waals surface area contributed by atoms with Crippen molar-refractivity contribution in [2.75, 3.05) is 46.9 Å². The molecule has 0 aromatic heterocycles. The number of carbonyl (C=O) groups is 3. The fourth-order valence-corrected chi connectivity index (χ4v) is 6.77. The second kappa shape index (κ2) is 10.6. The number of hydrogen-bond donors (Lipinski definition) is 1. The first-order chi connectivity index (χ1) is 17.8. The molecule has 9 heteroatoms. The van der Waals surface area contributed by atoms with Gasteiger partial charge in [0.2, 0.25) is 17.7 Å². The summed E-state index contributed by atoms with van der Waals surface area (Å²) in [7, 11) is 3.80. The average Bonchev–Trinajstić information content (AvgIpc) is 3.33. The van der Waals surface area contributed by atoms with Crippen LogP contribution in [-0.4, -0.2) is 108 Å². The zero-order valence-corrected chi connectivity index (χ0v) is 22.4. The fourth-order valence-electron chi connectivity index (χ4n) is 6.77. The number of hydrogen-bond acceptors (Lipinski definition) is 6. The molecule has 4 aliphatic rings. The molecule has 3 amide bonds. The average molecular weight is 512 g/mol. The summed E-state index contributed by atoms with van der Waals surface area (Å²) in [6, 6.07) is 8.30. The van der Waals surface area contributed by atoms with E-state index in [1.54, 1.807) is 14.0 Å². The van der Waals surface area contributed by atoms with Gasteiger partial charge in [0.05, 0.1) is 19.1 Å². The van der Waals surface area contributed by atoms with E-state index < -0.39 is 5.54 Å². The van der Waals surface area contributed by atoms with Crippen LogP contribution in [-0.2, 0) is 20.9 Å². The second-order valence-corrected chi connectivity index (χ2v) is 11.4. The fraction of sp³-hybridized carbons (Fsp3) is 0.679. The molecule has 37 heavy (non-hydrogen) atoms. The van der Waals surface area contributed by atoms with Crippen molar-refractivity contribution in [3.05, 3.63) is 29.8 Å². The number of amides is 3. The molecule has 4 saturated heterocycles. The number of likely N-dealkylation sites (N-methyl/N-ethyl adjacent to an activating group) is 1. The molecule has 1 N–H and O–H groups in total. The van der Waals surface area contributed by atoms with E-state index in [1.807, 2.05) is 21.9 Å². The van der Waals surface area contributed by atoms with Crippen molar-refractivity contribution in [1.29, 1.82) is 0 Å². The van der Waals surface area contributed by atoms with Gasteiger partial charge in [-0.05, 0) is 56.8 Å². The molecular weight excluding hydrogens is 470 g/mol. The highest BCUT2D eigenvalue weighted by atomic mass is 16.5. The molecule has 1 spiro atoms. The third-order valence-electron chi connectivity index (χ3n) is 9.20.